The van der Waals surface area contributed by atoms with Crippen LogP contribution in [-0.2, 0) is 9.53 Å². The van der Waals surface area contributed by atoms with Crippen LogP contribution in [0.25, 0.3) is 0 Å². The Morgan fingerprint density at radius 1 is 1.17 bits per heavy atom. The number of ether oxygens (including phenoxy) is 1. The Hall–Kier alpha value is -1.33. The summed E-state index contributed by atoms with van der Waals surface area (Å²) in [5.41, 5.74) is 0. The Morgan fingerprint density at radius 2 is 1.90 bits per heavy atom. The SMILES string of the molecule is CN=C(NCC(c1ccco1)N1CCCC1)N1CCN(C(=O)C2CCCO2)CC1.I. The molecule has 0 spiro atoms. The van der Waals surface area contributed by atoms with Crippen LogP contribution >= 0.6 is 24.0 Å². The van der Waals surface area contributed by atoms with Gasteiger partial charge in [-0.3, -0.25) is 14.7 Å². The van der Waals surface area contributed by atoms with E-state index in [1.54, 1.807) is 6.26 Å². The number of carbonyl (C=O) groups is 1. The van der Waals surface area contributed by atoms with Gasteiger partial charge in [-0.15, -0.1) is 24.0 Å². The van der Waals surface area contributed by atoms with Gasteiger partial charge in [0.15, 0.2) is 5.96 Å². The van der Waals surface area contributed by atoms with Crippen LogP contribution in [0, 0.1) is 0 Å². The molecule has 168 valence electrons. The zero-order valence-corrected chi connectivity index (χ0v) is 20.1. The van der Waals surface area contributed by atoms with Crippen LogP contribution in [0.1, 0.15) is 37.5 Å². The summed E-state index contributed by atoms with van der Waals surface area (Å²) < 4.78 is 11.3. The molecule has 0 radical (unpaired) electrons. The van der Waals surface area contributed by atoms with Crippen LogP contribution in [0.5, 0.6) is 0 Å². The van der Waals surface area contributed by atoms with E-state index in [2.05, 4.69) is 26.2 Å². The minimum Gasteiger partial charge on any atom is -0.468 e. The number of rotatable bonds is 5. The zero-order chi connectivity index (χ0) is 20.1. The molecule has 4 rings (SSSR count). The highest BCUT2D eigenvalue weighted by Gasteiger charge is 2.31. The standard InChI is InChI=1S/C21H33N5O3.HI/c1-22-21(23-16-17(18-6-4-14-28-18)24-8-2-3-9-24)26-12-10-25(11-13-26)20(27)19-7-5-15-29-19;/h4,6,14,17,19H,2-3,5,7-13,15-16H2,1H3,(H,22,23);1H. The molecule has 1 amide bonds. The molecule has 0 aliphatic carbocycles. The van der Waals surface area contributed by atoms with Crippen LogP contribution in [0.15, 0.2) is 27.8 Å². The fourth-order valence-electron chi connectivity index (χ4n) is 4.58. The Kier molecular flexibility index (Phi) is 8.82. The number of hydrogen-bond acceptors (Lipinski definition) is 5. The van der Waals surface area contributed by atoms with Crippen molar-refractivity contribution in [3.05, 3.63) is 24.2 Å². The second kappa shape index (κ2) is 11.3. The molecular weight excluding hydrogens is 497 g/mol. The molecule has 0 aromatic carbocycles. The van der Waals surface area contributed by atoms with Gasteiger partial charge in [-0.2, -0.15) is 0 Å². The van der Waals surface area contributed by atoms with E-state index >= 15 is 0 Å². The monoisotopic (exact) mass is 531 g/mol. The maximum absolute atomic E-state index is 12.6. The van der Waals surface area contributed by atoms with Gasteiger partial charge in [0.25, 0.3) is 5.91 Å². The van der Waals surface area contributed by atoms with Gasteiger partial charge in [-0.1, -0.05) is 0 Å². The zero-order valence-electron chi connectivity index (χ0n) is 17.8. The fraction of sp³-hybridized carbons (Fsp3) is 0.714. The van der Waals surface area contributed by atoms with Gasteiger partial charge < -0.3 is 24.3 Å². The number of aliphatic imine (C=N–C) groups is 1. The average Bonchev–Trinajstić information content (AvgIpc) is 3.54. The fourth-order valence-corrected chi connectivity index (χ4v) is 4.58. The number of likely N-dealkylation sites (tertiary alicyclic amines) is 1. The normalized spacial score (nSPS) is 24.0. The van der Waals surface area contributed by atoms with E-state index in [4.69, 9.17) is 9.15 Å². The molecular formula is C21H34IN5O3. The first kappa shape index (κ1) is 23.3. The largest absolute Gasteiger partial charge is 0.468 e. The smallest absolute Gasteiger partial charge is 0.251 e. The third-order valence-corrected chi connectivity index (χ3v) is 6.21. The molecule has 3 aliphatic rings. The topological polar surface area (TPSA) is 73.6 Å². The van der Waals surface area contributed by atoms with Crippen molar-refractivity contribution in [2.24, 2.45) is 4.99 Å². The van der Waals surface area contributed by atoms with Gasteiger partial charge in [0.05, 0.1) is 12.3 Å². The number of piperazine rings is 1. The number of guanidine groups is 1. The van der Waals surface area contributed by atoms with E-state index in [1.807, 2.05) is 18.0 Å². The Labute approximate surface area is 196 Å². The van der Waals surface area contributed by atoms with E-state index in [0.29, 0.717) is 19.7 Å². The van der Waals surface area contributed by atoms with E-state index in [1.165, 1.54) is 12.8 Å². The minimum atomic E-state index is -0.228. The van der Waals surface area contributed by atoms with Crippen LogP contribution in [0.3, 0.4) is 0 Å². The molecule has 1 N–H and O–H groups in total. The summed E-state index contributed by atoms with van der Waals surface area (Å²) in [7, 11) is 1.82. The molecule has 1 aromatic rings. The molecule has 1 aromatic heterocycles. The third kappa shape index (κ3) is 5.47. The highest BCUT2D eigenvalue weighted by atomic mass is 127. The highest BCUT2D eigenvalue weighted by molar-refractivity contribution is 14.0. The predicted molar refractivity (Wildman–Crippen MR) is 126 cm³/mol. The van der Waals surface area contributed by atoms with Crippen molar-refractivity contribution in [2.75, 3.05) is 59.5 Å². The number of amides is 1. The van der Waals surface area contributed by atoms with Crippen molar-refractivity contribution in [3.63, 3.8) is 0 Å². The van der Waals surface area contributed by atoms with Crippen molar-refractivity contribution >= 4 is 35.8 Å². The number of hydrogen-bond donors (Lipinski definition) is 1. The molecule has 9 heteroatoms. The number of nitrogens with zero attached hydrogens (tertiary/aromatic N) is 4. The predicted octanol–water partition coefficient (Wildman–Crippen LogP) is 1.93. The summed E-state index contributed by atoms with van der Waals surface area (Å²) in [4.78, 5) is 23.7. The van der Waals surface area contributed by atoms with Gasteiger partial charge in [0, 0.05) is 46.4 Å². The summed E-state index contributed by atoms with van der Waals surface area (Å²) in [6, 6.07) is 4.23. The van der Waals surface area contributed by atoms with E-state index < -0.39 is 0 Å². The second-order valence-corrected chi connectivity index (χ2v) is 8.02. The quantitative estimate of drug-likeness (QED) is 0.356. The van der Waals surface area contributed by atoms with Gasteiger partial charge >= 0.3 is 0 Å². The number of halogens is 1. The maximum Gasteiger partial charge on any atom is 0.251 e. The van der Waals surface area contributed by atoms with Crippen LogP contribution in [0.4, 0.5) is 0 Å². The Balaban J connectivity index is 0.00000256. The molecule has 3 aliphatic heterocycles. The maximum atomic E-state index is 12.6. The van der Waals surface area contributed by atoms with Crippen LogP contribution < -0.4 is 5.32 Å². The van der Waals surface area contributed by atoms with E-state index in [-0.39, 0.29) is 42.0 Å². The van der Waals surface area contributed by atoms with E-state index in [9.17, 15) is 4.79 Å². The molecule has 3 fully saturated rings. The molecule has 2 unspecified atom stereocenters. The Morgan fingerprint density at radius 3 is 2.50 bits per heavy atom. The summed E-state index contributed by atoms with van der Waals surface area (Å²) in [6.07, 6.45) is 5.85. The first-order valence-corrected chi connectivity index (χ1v) is 10.9. The molecule has 0 bridgehead atoms. The molecule has 2 atom stereocenters. The first-order valence-electron chi connectivity index (χ1n) is 10.9. The molecule has 8 nitrogen and oxygen atoms in total. The minimum absolute atomic E-state index is 0. The van der Waals surface area contributed by atoms with Gasteiger partial charge in [-0.25, -0.2) is 0 Å². The van der Waals surface area contributed by atoms with Gasteiger partial charge in [0.1, 0.15) is 11.9 Å². The van der Waals surface area contributed by atoms with Crippen molar-refractivity contribution in [1.82, 2.24) is 20.0 Å². The van der Waals surface area contributed by atoms with Crippen molar-refractivity contribution in [3.8, 4) is 0 Å². The van der Waals surface area contributed by atoms with E-state index in [0.717, 1.165) is 57.3 Å². The van der Waals surface area contributed by atoms with Crippen molar-refractivity contribution < 1.29 is 13.9 Å². The summed E-state index contributed by atoms with van der Waals surface area (Å²) >= 11 is 0. The molecule has 3 saturated heterocycles. The van der Waals surface area contributed by atoms with Gasteiger partial charge in [0.2, 0.25) is 0 Å². The first-order chi connectivity index (χ1) is 14.3. The summed E-state index contributed by atoms with van der Waals surface area (Å²) in [5, 5.41) is 3.55. The summed E-state index contributed by atoms with van der Waals surface area (Å²) in [5.74, 6) is 2.05. The lowest BCUT2D eigenvalue weighted by molar-refractivity contribution is -0.142. The molecule has 0 saturated carbocycles. The van der Waals surface area contributed by atoms with Gasteiger partial charge in [-0.05, 0) is 50.9 Å². The molecule has 4 heterocycles. The lowest BCUT2D eigenvalue weighted by atomic mass is 10.2. The number of nitrogens with one attached hydrogen (secondary N) is 1. The lowest BCUT2D eigenvalue weighted by Gasteiger charge is -2.38. The highest BCUT2D eigenvalue weighted by Crippen LogP contribution is 2.25. The summed E-state index contributed by atoms with van der Waals surface area (Å²) in [6.45, 7) is 6.68. The molecule has 30 heavy (non-hydrogen) atoms. The number of furan rings is 1. The lowest BCUT2D eigenvalue weighted by Crippen LogP contribution is -2.55. The van der Waals surface area contributed by atoms with Crippen molar-refractivity contribution in [2.45, 2.75) is 37.8 Å². The average molecular weight is 531 g/mol. The van der Waals surface area contributed by atoms with Crippen molar-refractivity contribution in [1.29, 1.82) is 0 Å². The third-order valence-electron chi connectivity index (χ3n) is 6.21. The van der Waals surface area contributed by atoms with Crippen LogP contribution in [-0.4, -0.2) is 92.1 Å². The number of carbonyl (C=O) groups excluding carboxylic acids is 1. The Bertz CT molecular complexity index is 679. The van der Waals surface area contributed by atoms with Crippen LogP contribution in [0.2, 0.25) is 0 Å². The second-order valence-electron chi connectivity index (χ2n) is 8.02.